The van der Waals surface area contributed by atoms with Crippen LogP contribution in [0.25, 0.3) is 0 Å². The maximum atomic E-state index is 8.40. The monoisotopic (exact) mass is 108 g/mol. The van der Waals surface area contributed by atoms with Crippen molar-refractivity contribution in [3.05, 3.63) is 17.9 Å². The molecule has 0 saturated carbocycles. The minimum atomic E-state index is -0.0861. The molecule has 1 heterocycles. The van der Waals surface area contributed by atoms with Crippen molar-refractivity contribution in [3.8, 4) is 0 Å². The first kappa shape index (κ1) is 5.44. The smallest absolute Gasteiger partial charge is 0.167 e. The summed E-state index contributed by atoms with van der Waals surface area (Å²) in [5.41, 5.74) is 0.342. The van der Waals surface area contributed by atoms with Crippen LogP contribution in [-0.4, -0.2) is 13.0 Å². The second-order valence-electron chi connectivity index (χ2n) is 1.46. The van der Waals surface area contributed by atoms with Crippen LogP contribution < -0.4 is 5.66 Å². The lowest BCUT2D eigenvalue weighted by molar-refractivity contribution is 0.250. The zero-order valence-electron chi connectivity index (χ0n) is 4.29. The van der Waals surface area contributed by atoms with Crippen molar-refractivity contribution < 1.29 is 9.52 Å². The van der Waals surface area contributed by atoms with Gasteiger partial charge < -0.3 is 9.52 Å². The molecule has 1 rings (SSSR count). The largest absolute Gasteiger partial charge is 0.475 e. The number of rotatable bonds is 1. The van der Waals surface area contributed by atoms with Crippen molar-refractivity contribution in [1.29, 1.82) is 0 Å². The van der Waals surface area contributed by atoms with Crippen LogP contribution >= 0.6 is 0 Å². The van der Waals surface area contributed by atoms with E-state index in [9.17, 15) is 0 Å². The lowest BCUT2D eigenvalue weighted by Crippen LogP contribution is -1.93. The highest BCUT2D eigenvalue weighted by Crippen LogP contribution is 1.94. The van der Waals surface area contributed by atoms with Crippen molar-refractivity contribution in [1.82, 2.24) is 0 Å². The quantitative estimate of drug-likeness (QED) is 0.495. The Bertz CT molecular complexity index is 171. The topological polar surface area (TPSA) is 33.4 Å². The van der Waals surface area contributed by atoms with Gasteiger partial charge in [-0.3, -0.25) is 0 Å². The summed E-state index contributed by atoms with van der Waals surface area (Å²) >= 11 is 0. The van der Waals surface area contributed by atoms with Gasteiger partial charge in [0, 0.05) is 5.66 Å². The molecule has 3 heteroatoms. The van der Waals surface area contributed by atoms with Gasteiger partial charge in [0.15, 0.2) is 7.85 Å². The standard InChI is InChI=1S/C5H5BO2/c6-5-2-1-4(3-7)8-5/h1-2,7H,3H2. The Labute approximate surface area is 48.5 Å². The SMILES string of the molecule is [B]c1ccc(CO)o1. The van der Waals surface area contributed by atoms with Crippen LogP contribution in [0.4, 0.5) is 0 Å². The molecule has 40 valence electrons. The fourth-order valence-corrected chi connectivity index (χ4v) is 0.479. The highest BCUT2D eigenvalue weighted by Gasteiger charge is 1.91. The molecule has 1 N–H and O–H groups in total. The third-order valence-corrected chi connectivity index (χ3v) is 0.838. The summed E-state index contributed by atoms with van der Waals surface area (Å²) in [6.45, 7) is -0.0861. The molecular formula is C5H5BO2. The summed E-state index contributed by atoms with van der Waals surface area (Å²) in [6.07, 6.45) is 0. The molecule has 2 nitrogen and oxygen atoms in total. The van der Waals surface area contributed by atoms with Gasteiger partial charge in [0.2, 0.25) is 0 Å². The van der Waals surface area contributed by atoms with E-state index in [1.165, 1.54) is 0 Å². The molecule has 0 aromatic carbocycles. The van der Waals surface area contributed by atoms with Crippen LogP contribution in [0.3, 0.4) is 0 Å². The highest BCUT2D eigenvalue weighted by molar-refractivity contribution is 6.29. The molecule has 1 aromatic heterocycles. The van der Waals surface area contributed by atoms with E-state index in [2.05, 4.69) is 0 Å². The third-order valence-electron chi connectivity index (χ3n) is 0.838. The Balaban J connectivity index is 2.84. The summed E-state index contributed by atoms with van der Waals surface area (Å²) < 4.78 is 4.76. The Kier molecular flexibility index (Phi) is 1.39. The third kappa shape index (κ3) is 0.926. The van der Waals surface area contributed by atoms with Crippen molar-refractivity contribution in [2.75, 3.05) is 0 Å². The molecule has 0 fully saturated rings. The first-order valence-corrected chi connectivity index (χ1v) is 2.28. The van der Waals surface area contributed by atoms with E-state index < -0.39 is 0 Å². The van der Waals surface area contributed by atoms with Gasteiger partial charge >= 0.3 is 0 Å². The van der Waals surface area contributed by atoms with Crippen LogP contribution in [0, 0.1) is 0 Å². The van der Waals surface area contributed by atoms with Crippen molar-refractivity contribution in [2.24, 2.45) is 0 Å². The maximum absolute atomic E-state index is 8.40. The van der Waals surface area contributed by atoms with Crippen LogP contribution in [0.2, 0.25) is 0 Å². The van der Waals surface area contributed by atoms with Gasteiger partial charge in [-0.15, -0.1) is 0 Å². The summed E-state index contributed by atoms with van der Waals surface area (Å²) in [6, 6.07) is 3.24. The van der Waals surface area contributed by atoms with Crippen molar-refractivity contribution in [3.63, 3.8) is 0 Å². The molecule has 0 aliphatic heterocycles. The number of aliphatic hydroxyl groups is 1. The zero-order valence-corrected chi connectivity index (χ0v) is 4.29. The van der Waals surface area contributed by atoms with Gasteiger partial charge in [-0.05, 0) is 12.1 Å². The van der Waals surface area contributed by atoms with E-state index in [0.29, 0.717) is 11.4 Å². The lowest BCUT2D eigenvalue weighted by atomic mass is 10.1. The normalized spacial score (nSPS) is 9.62. The predicted molar refractivity (Wildman–Crippen MR) is 30.0 cm³/mol. The van der Waals surface area contributed by atoms with E-state index in [-0.39, 0.29) is 6.61 Å². The van der Waals surface area contributed by atoms with E-state index in [1.807, 2.05) is 0 Å². The average molecular weight is 108 g/mol. The van der Waals surface area contributed by atoms with Crippen LogP contribution in [0.15, 0.2) is 16.5 Å². The fraction of sp³-hybridized carbons (Fsp3) is 0.200. The molecule has 0 spiro atoms. The van der Waals surface area contributed by atoms with E-state index in [1.54, 1.807) is 12.1 Å². The van der Waals surface area contributed by atoms with Gasteiger partial charge in [0.25, 0.3) is 0 Å². The van der Waals surface area contributed by atoms with E-state index in [0.717, 1.165) is 0 Å². The highest BCUT2D eigenvalue weighted by atomic mass is 16.4. The van der Waals surface area contributed by atoms with Gasteiger partial charge in [-0.1, -0.05) is 0 Å². The predicted octanol–water partition coefficient (Wildman–Crippen LogP) is -0.434. The average Bonchev–Trinajstić information content (AvgIpc) is 2.14. The summed E-state index contributed by atoms with van der Waals surface area (Å²) in [4.78, 5) is 0. The molecule has 0 atom stereocenters. The van der Waals surface area contributed by atoms with Crippen LogP contribution in [0.5, 0.6) is 0 Å². The summed E-state index contributed by atoms with van der Waals surface area (Å²) in [5.74, 6) is 0.502. The lowest BCUT2D eigenvalue weighted by Gasteiger charge is -1.83. The van der Waals surface area contributed by atoms with Crippen molar-refractivity contribution in [2.45, 2.75) is 6.61 Å². The second kappa shape index (κ2) is 2.05. The Hall–Kier alpha value is -0.695. The molecule has 2 radical (unpaired) electrons. The molecule has 0 aliphatic rings. The molecule has 1 aromatic rings. The number of hydrogen-bond acceptors (Lipinski definition) is 2. The first-order valence-electron chi connectivity index (χ1n) is 2.28. The van der Waals surface area contributed by atoms with Gasteiger partial charge in [0.05, 0.1) is 0 Å². The number of aliphatic hydroxyl groups excluding tert-OH is 1. The van der Waals surface area contributed by atoms with Crippen LogP contribution in [-0.2, 0) is 6.61 Å². The molecule has 0 unspecified atom stereocenters. The van der Waals surface area contributed by atoms with Gasteiger partial charge in [0.1, 0.15) is 12.4 Å². The number of furan rings is 1. The molecule has 0 aliphatic carbocycles. The fourth-order valence-electron chi connectivity index (χ4n) is 0.479. The minimum Gasteiger partial charge on any atom is -0.475 e. The Morgan fingerprint density at radius 3 is 2.62 bits per heavy atom. The first-order chi connectivity index (χ1) is 3.83. The summed E-state index contributed by atoms with van der Waals surface area (Å²) in [7, 11) is 5.18. The molecule has 0 amide bonds. The molecular weight excluding hydrogens is 103 g/mol. The second-order valence-corrected chi connectivity index (χ2v) is 1.46. The Morgan fingerprint density at radius 2 is 2.38 bits per heavy atom. The molecule has 0 saturated heterocycles. The maximum Gasteiger partial charge on any atom is 0.167 e. The van der Waals surface area contributed by atoms with E-state index in [4.69, 9.17) is 17.4 Å². The van der Waals surface area contributed by atoms with Gasteiger partial charge in [-0.2, -0.15) is 0 Å². The van der Waals surface area contributed by atoms with Crippen LogP contribution in [0.1, 0.15) is 5.76 Å². The Morgan fingerprint density at radius 1 is 1.62 bits per heavy atom. The summed E-state index contributed by atoms with van der Waals surface area (Å²) in [5, 5.41) is 8.40. The zero-order chi connectivity index (χ0) is 5.98. The minimum absolute atomic E-state index is 0.0861. The molecule has 8 heavy (non-hydrogen) atoms. The number of hydrogen-bond donors (Lipinski definition) is 1. The van der Waals surface area contributed by atoms with Crippen molar-refractivity contribution >= 4 is 13.5 Å². The van der Waals surface area contributed by atoms with Gasteiger partial charge in [-0.25, -0.2) is 0 Å². The molecule has 0 bridgehead atoms. The van der Waals surface area contributed by atoms with E-state index >= 15 is 0 Å².